The molecular weight excluding hydrogens is 382 g/mol. The standard InChI is InChI=1S/C19H16BrN3O2/c1-22-14-5-3-2-4-12(14)16(18(22)24)17-13-10-11(20)6-7-15(13)23(9-8-21)19(17)25/h2-7,10H,8-9,21H2,1H3/b17-16+. The molecule has 0 aliphatic carbocycles. The second kappa shape index (κ2) is 5.82. The first-order valence-electron chi connectivity index (χ1n) is 7.98. The molecular formula is C19H16BrN3O2. The zero-order chi connectivity index (χ0) is 17.7. The predicted molar refractivity (Wildman–Crippen MR) is 102 cm³/mol. The van der Waals surface area contributed by atoms with Crippen molar-refractivity contribution in [2.24, 2.45) is 5.73 Å². The monoisotopic (exact) mass is 397 g/mol. The highest BCUT2D eigenvalue weighted by Gasteiger charge is 2.40. The lowest BCUT2D eigenvalue weighted by molar-refractivity contribution is -0.114. The van der Waals surface area contributed by atoms with Crippen LogP contribution in [0.3, 0.4) is 0 Å². The Morgan fingerprint density at radius 3 is 2.44 bits per heavy atom. The normalized spacial score (nSPS) is 18.8. The van der Waals surface area contributed by atoms with Crippen molar-refractivity contribution in [1.29, 1.82) is 0 Å². The third-order valence-corrected chi connectivity index (χ3v) is 5.13. The van der Waals surface area contributed by atoms with Crippen LogP contribution in [0.2, 0.25) is 0 Å². The Kier molecular flexibility index (Phi) is 3.74. The number of hydrogen-bond acceptors (Lipinski definition) is 3. The lowest BCUT2D eigenvalue weighted by Gasteiger charge is -2.15. The SMILES string of the molecule is CN1C(=O)/C(=C2/C(=O)N(CCN)c3ccc(Br)cc32)c2ccccc21. The zero-order valence-corrected chi connectivity index (χ0v) is 15.2. The third kappa shape index (κ3) is 2.25. The summed E-state index contributed by atoms with van der Waals surface area (Å²) in [4.78, 5) is 29.3. The fraction of sp³-hybridized carbons (Fsp3) is 0.158. The molecule has 0 bridgehead atoms. The van der Waals surface area contributed by atoms with E-state index < -0.39 is 0 Å². The van der Waals surface area contributed by atoms with Crippen molar-refractivity contribution in [1.82, 2.24) is 0 Å². The summed E-state index contributed by atoms with van der Waals surface area (Å²) in [5, 5.41) is 0. The molecule has 2 aromatic rings. The summed E-state index contributed by atoms with van der Waals surface area (Å²) in [6, 6.07) is 13.2. The highest BCUT2D eigenvalue weighted by Crippen LogP contribution is 2.46. The van der Waals surface area contributed by atoms with Crippen LogP contribution in [0.1, 0.15) is 11.1 Å². The molecule has 126 valence electrons. The van der Waals surface area contributed by atoms with E-state index in [-0.39, 0.29) is 11.8 Å². The van der Waals surface area contributed by atoms with Crippen LogP contribution in [0.4, 0.5) is 11.4 Å². The number of rotatable bonds is 2. The van der Waals surface area contributed by atoms with Crippen LogP contribution in [0, 0.1) is 0 Å². The van der Waals surface area contributed by atoms with Gasteiger partial charge in [0.25, 0.3) is 11.8 Å². The first kappa shape index (κ1) is 16.1. The van der Waals surface area contributed by atoms with Gasteiger partial charge in [-0.3, -0.25) is 9.59 Å². The average molecular weight is 398 g/mol. The topological polar surface area (TPSA) is 66.6 Å². The molecule has 0 saturated heterocycles. The first-order valence-corrected chi connectivity index (χ1v) is 8.77. The number of fused-ring (bicyclic) bond motifs is 2. The van der Waals surface area contributed by atoms with Crippen molar-refractivity contribution in [2.45, 2.75) is 0 Å². The number of para-hydroxylation sites is 1. The molecule has 0 saturated carbocycles. The second-order valence-corrected chi connectivity index (χ2v) is 6.95. The Balaban J connectivity index is 2.03. The van der Waals surface area contributed by atoms with Gasteiger partial charge in [0.15, 0.2) is 0 Å². The lowest BCUT2D eigenvalue weighted by atomic mass is 9.96. The van der Waals surface area contributed by atoms with E-state index in [0.29, 0.717) is 24.2 Å². The number of nitrogens with zero attached hydrogens (tertiary/aromatic N) is 2. The summed E-state index contributed by atoms with van der Waals surface area (Å²) in [5.74, 6) is -0.336. The molecule has 0 fully saturated rings. The number of likely N-dealkylation sites (N-methyl/N-ethyl adjacent to an activating group) is 1. The van der Waals surface area contributed by atoms with E-state index in [4.69, 9.17) is 5.73 Å². The van der Waals surface area contributed by atoms with Crippen LogP contribution in [0.5, 0.6) is 0 Å². The van der Waals surface area contributed by atoms with Gasteiger partial charge in [0, 0.05) is 35.7 Å². The molecule has 2 aliphatic heterocycles. The minimum absolute atomic E-state index is 0.162. The molecule has 0 atom stereocenters. The van der Waals surface area contributed by atoms with E-state index in [2.05, 4.69) is 15.9 Å². The Morgan fingerprint density at radius 2 is 1.68 bits per heavy atom. The van der Waals surface area contributed by atoms with Crippen LogP contribution in [0.15, 0.2) is 46.9 Å². The van der Waals surface area contributed by atoms with Gasteiger partial charge < -0.3 is 15.5 Å². The number of carbonyl (C=O) groups excluding carboxylic acids is 2. The highest BCUT2D eigenvalue weighted by atomic mass is 79.9. The Labute approximate surface area is 153 Å². The van der Waals surface area contributed by atoms with E-state index in [9.17, 15) is 9.59 Å². The summed E-state index contributed by atoms with van der Waals surface area (Å²) in [7, 11) is 1.73. The molecule has 0 spiro atoms. The van der Waals surface area contributed by atoms with Gasteiger partial charge in [0.05, 0.1) is 22.5 Å². The van der Waals surface area contributed by atoms with Gasteiger partial charge in [-0.25, -0.2) is 0 Å². The predicted octanol–water partition coefficient (Wildman–Crippen LogP) is 2.64. The maximum atomic E-state index is 13.1. The van der Waals surface area contributed by atoms with Crippen LogP contribution >= 0.6 is 15.9 Å². The number of nitrogens with two attached hydrogens (primary N) is 1. The van der Waals surface area contributed by atoms with Gasteiger partial charge in [-0.05, 0) is 24.3 Å². The number of amides is 2. The average Bonchev–Trinajstić information content (AvgIpc) is 3.01. The van der Waals surface area contributed by atoms with Gasteiger partial charge in [-0.15, -0.1) is 0 Å². The molecule has 2 N–H and O–H groups in total. The van der Waals surface area contributed by atoms with Crippen molar-refractivity contribution in [3.05, 3.63) is 58.1 Å². The van der Waals surface area contributed by atoms with Gasteiger partial charge in [0.2, 0.25) is 0 Å². The van der Waals surface area contributed by atoms with Crippen molar-refractivity contribution < 1.29 is 9.59 Å². The van der Waals surface area contributed by atoms with Gasteiger partial charge in [-0.1, -0.05) is 34.1 Å². The smallest absolute Gasteiger partial charge is 0.259 e. The van der Waals surface area contributed by atoms with Crippen LogP contribution in [0.25, 0.3) is 11.1 Å². The maximum Gasteiger partial charge on any atom is 0.259 e. The number of carbonyl (C=O) groups is 2. The van der Waals surface area contributed by atoms with E-state index in [1.54, 1.807) is 16.8 Å². The molecule has 5 nitrogen and oxygen atoms in total. The largest absolute Gasteiger partial charge is 0.329 e. The molecule has 0 unspecified atom stereocenters. The Bertz CT molecular complexity index is 951. The molecule has 6 heteroatoms. The summed E-state index contributed by atoms with van der Waals surface area (Å²) >= 11 is 3.47. The summed E-state index contributed by atoms with van der Waals surface area (Å²) < 4.78 is 0.860. The van der Waals surface area contributed by atoms with Crippen molar-refractivity contribution in [3.63, 3.8) is 0 Å². The van der Waals surface area contributed by atoms with E-state index in [0.717, 1.165) is 27.0 Å². The van der Waals surface area contributed by atoms with Crippen LogP contribution < -0.4 is 15.5 Å². The number of benzene rings is 2. The minimum Gasteiger partial charge on any atom is -0.329 e. The van der Waals surface area contributed by atoms with Crippen molar-refractivity contribution >= 4 is 50.3 Å². The second-order valence-electron chi connectivity index (χ2n) is 6.04. The number of halogens is 1. The molecule has 2 aromatic carbocycles. The summed E-state index contributed by atoms with van der Waals surface area (Å²) in [6.07, 6.45) is 0. The van der Waals surface area contributed by atoms with E-state index >= 15 is 0 Å². The Morgan fingerprint density at radius 1 is 0.960 bits per heavy atom. The third-order valence-electron chi connectivity index (χ3n) is 4.63. The Hall–Kier alpha value is -2.44. The molecule has 2 aliphatic rings. The maximum absolute atomic E-state index is 13.1. The molecule has 25 heavy (non-hydrogen) atoms. The van der Waals surface area contributed by atoms with Crippen molar-refractivity contribution in [3.8, 4) is 0 Å². The molecule has 4 rings (SSSR count). The molecule has 2 heterocycles. The summed E-state index contributed by atoms with van der Waals surface area (Å²) in [5.41, 5.74) is 9.76. The van der Waals surface area contributed by atoms with E-state index in [1.807, 2.05) is 42.5 Å². The molecule has 2 amide bonds. The fourth-order valence-electron chi connectivity index (χ4n) is 3.51. The summed E-state index contributed by atoms with van der Waals surface area (Å²) in [6.45, 7) is 0.768. The number of anilines is 2. The zero-order valence-electron chi connectivity index (χ0n) is 13.6. The van der Waals surface area contributed by atoms with Crippen LogP contribution in [-0.2, 0) is 9.59 Å². The first-order chi connectivity index (χ1) is 12.0. The highest BCUT2D eigenvalue weighted by molar-refractivity contribution is 9.10. The number of hydrogen-bond donors (Lipinski definition) is 1. The molecule has 0 radical (unpaired) electrons. The minimum atomic E-state index is -0.174. The molecule has 0 aromatic heterocycles. The van der Waals surface area contributed by atoms with Gasteiger partial charge in [-0.2, -0.15) is 0 Å². The van der Waals surface area contributed by atoms with Gasteiger partial charge in [0.1, 0.15) is 0 Å². The van der Waals surface area contributed by atoms with Crippen LogP contribution in [-0.4, -0.2) is 32.0 Å². The lowest BCUT2D eigenvalue weighted by Crippen LogP contribution is -2.32. The quantitative estimate of drug-likeness (QED) is 0.792. The van der Waals surface area contributed by atoms with Gasteiger partial charge >= 0.3 is 0 Å². The van der Waals surface area contributed by atoms with Crippen molar-refractivity contribution in [2.75, 3.05) is 29.9 Å². The fourth-order valence-corrected chi connectivity index (χ4v) is 3.87. The van der Waals surface area contributed by atoms with E-state index in [1.165, 1.54) is 0 Å².